The molecule has 0 amide bonds. The van der Waals surface area contributed by atoms with Gasteiger partial charge in [0.1, 0.15) is 10.7 Å². The Bertz CT molecular complexity index is 553. The second-order valence-electron chi connectivity index (χ2n) is 6.04. The lowest BCUT2D eigenvalue weighted by atomic mass is 10.1. The quantitative estimate of drug-likeness (QED) is 0.725. The van der Waals surface area contributed by atoms with Gasteiger partial charge in [-0.3, -0.25) is 0 Å². The molecular weight excluding hydrogens is 356 g/mol. The first-order valence-electron chi connectivity index (χ1n) is 7.15. The maximum absolute atomic E-state index is 12.4. The predicted octanol–water partition coefficient (Wildman–Crippen LogP) is 3.25. The minimum Gasteiger partial charge on any atom is -0.452 e. The van der Waals surface area contributed by atoms with Crippen molar-refractivity contribution in [1.82, 2.24) is 10.0 Å². The number of hydrogen-bond acceptors (Lipinski definition) is 4. The van der Waals surface area contributed by atoms with E-state index in [0.29, 0.717) is 24.3 Å². The van der Waals surface area contributed by atoms with Gasteiger partial charge >= 0.3 is 0 Å². The fourth-order valence-corrected chi connectivity index (χ4v) is 4.31. The molecule has 2 N–H and O–H groups in total. The van der Waals surface area contributed by atoms with Gasteiger partial charge in [-0.1, -0.05) is 27.7 Å². The molecule has 1 rings (SSSR count). The summed E-state index contributed by atoms with van der Waals surface area (Å²) in [5.74, 6) is 1.02. The smallest absolute Gasteiger partial charge is 0.245 e. The summed E-state index contributed by atoms with van der Waals surface area (Å²) in [5.41, 5.74) is 0. The Morgan fingerprint density at radius 2 is 1.86 bits per heavy atom. The van der Waals surface area contributed by atoms with E-state index in [1.54, 1.807) is 6.07 Å². The highest BCUT2D eigenvalue weighted by molar-refractivity contribution is 9.10. The molecule has 21 heavy (non-hydrogen) atoms. The van der Waals surface area contributed by atoms with Crippen LogP contribution < -0.4 is 10.0 Å². The molecule has 0 aromatic carbocycles. The normalized spacial score (nSPS) is 14.1. The zero-order chi connectivity index (χ0) is 16.2. The second-order valence-corrected chi connectivity index (χ2v) is 8.44. The van der Waals surface area contributed by atoms with Gasteiger partial charge in [-0.05, 0) is 35.2 Å². The second kappa shape index (κ2) is 7.76. The largest absolute Gasteiger partial charge is 0.452 e. The lowest BCUT2D eigenvalue weighted by Gasteiger charge is -2.15. The molecule has 1 heterocycles. The molecule has 0 saturated heterocycles. The molecular formula is C14H25BrN2O3S. The fourth-order valence-electron chi connectivity index (χ4n) is 2.06. The average molecular weight is 381 g/mol. The summed E-state index contributed by atoms with van der Waals surface area (Å²) in [7, 11) is -3.57. The van der Waals surface area contributed by atoms with E-state index in [1.807, 2.05) is 20.8 Å². The van der Waals surface area contributed by atoms with Gasteiger partial charge < -0.3 is 9.73 Å². The summed E-state index contributed by atoms with van der Waals surface area (Å²) in [6, 6.07) is 1.75. The number of sulfonamides is 1. The first-order valence-corrected chi connectivity index (χ1v) is 9.43. The highest BCUT2D eigenvalue weighted by Crippen LogP contribution is 2.26. The third kappa shape index (κ3) is 6.10. The van der Waals surface area contributed by atoms with E-state index in [2.05, 4.69) is 39.8 Å². The molecule has 0 spiro atoms. The van der Waals surface area contributed by atoms with Crippen LogP contribution in [0, 0.1) is 5.92 Å². The summed E-state index contributed by atoms with van der Waals surface area (Å²) >= 11 is 3.19. The summed E-state index contributed by atoms with van der Waals surface area (Å²) in [6.45, 7) is 10.5. The Morgan fingerprint density at radius 1 is 1.24 bits per heavy atom. The topological polar surface area (TPSA) is 71.3 Å². The van der Waals surface area contributed by atoms with E-state index in [4.69, 9.17) is 4.42 Å². The maximum atomic E-state index is 12.4. The maximum Gasteiger partial charge on any atom is 0.245 e. The zero-order valence-electron chi connectivity index (χ0n) is 13.2. The van der Waals surface area contributed by atoms with Crippen molar-refractivity contribution in [3.63, 3.8) is 0 Å². The molecule has 5 nitrogen and oxygen atoms in total. The monoisotopic (exact) mass is 380 g/mol. The Morgan fingerprint density at radius 3 is 2.38 bits per heavy atom. The number of halogens is 1. The van der Waals surface area contributed by atoms with Crippen LogP contribution in [0.3, 0.4) is 0 Å². The highest BCUT2D eigenvalue weighted by atomic mass is 79.9. The van der Waals surface area contributed by atoms with Gasteiger partial charge in [0.2, 0.25) is 10.0 Å². The van der Waals surface area contributed by atoms with E-state index in [1.165, 1.54) is 0 Å². The minimum atomic E-state index is -3.57. The van der Waals surface area contributed by atoms with Crippen molar-refractivity contribution in [2.24, 2.45) is 5.92 Å². The van der Waals surface area contributed by atoms with Crippen molar-refractivity contribution < 1.29 is 12.8 Å². The van der Waals surface area contributed by atoms with Gasteiger partial charge in [0.05, 0.1) is 6.54 Å². The molecule has 0 aliphatic rings. The van der Waals surface area contributed by atoms with E-state index >= 15 is 0 Å². The SMILES string of the molecule is CC(C)CC(C)NS(=O)(=O)c1cc(CNC(C)C)oc1Br. The van der Waals surface area contributed by atoms with Crippen LogP contribution in [0.4, 0.5) is 0 Å². The molecule has 7 heteroatoms. The van der Waals surface area contributed by atoms with Crippen molar-refractivity contribution >= 4 is 26.0 Å². The molecule has 0 saturated carbocycles. The van der Waals surface area contributed by atoms with E-state index in [-0.39, 0.29) is 15.6 Å². The molecule has 0 aliphatic carbocycles. The van der Waals surface area contributed by atoms with Crippen molar-refractivity contribution in [3.8, 4) is 0 Å². The summed E-state index contributed by atoms with van der Waals surface area (Å²) in [6.07, 6.45) is 0.788. The standard InChI is InChI=1S/C14H25BrN2O3S/c1-9(2)6-11(5)17-21(18,19)13-7-12(20-14(13)15)8-16-10(3)4/h7,9-11,16-17H,6,8H2,1-5H3. The number of hydrogen-bond donors (Lipinski definition) is 2. The third-order valence-corrected chi connectivity index (χ3v) is 5.31. The Kier molecular flexibility index (Phi) is 6.90. The van der Waals surface area contributed by atoms with Crippen molar-refractivity contribution in [1.29, 1.82) is 0 Å². The van der Waals surface area contributed by atoms with Crippen LogP contribution in [-0.4, -0.2) is 20.5 Å². The molecule has 122 valence electrons. The minimum absolute atomic E-state index is 0.117. The van der Waals surface area contributed by atoms with Crippen LogP contribution >= 0.6 is 15.9 Å². The average Bonchev–Trinajstić information content (AvgIpc) is 2.66. The number of nitrogens with one attached hydrogen (secondary N) is 2. The Hall–Kier alpha value is -0.370. The molecule has 0 radical (unpaired) electrons. The van der Waals surface area contributed by atoms with Gasteiger partial charge in [-0.25, -0.2) is 13.1 Å². The van der Waals surface area contributed by atoms with Crippen LogP contribution in [0.15, 0.2) is 20.0 Å². The first kappa shape index (κ1) is 18.7. The van der Waals surface area contributed by atoms with Crippen molar-refractivity contribution in [2.75, 3.05) is 0 Å². The van der Waals surface area contributed by atoms with Gasteiger partial charge in [-0.2, -0.15) is 0 Å². The van der Waals surface area contributed by atoms with Gasteiger partial charge in [-0.15, -0.1) is 0 Å². The van der Waals surface area contributed by atoms with Gasteiger partial charge in [0, 0.05) is 18.2 Å². The van der Waals surface area contributed by atoms with Crippen LogP contribution in [0.2, 0.25) is 0 Å². The fraction of sp³-hybridized carbons (Fsp3) is 0.714. The first-order chi connectivity index (χ1) is 9.61. The van der Waals surface area contributed by atoms with E-state index < -0.39 is 10.0 Å². The third-order valence-electron chi connectivity index (χ3n) is 2.86. The van der Waals surface area contributed by atoms with Crippen molar-refractivity contribution in [2.45, 2.75) is 64.6 Å². The predicted molar refractivity (Wildman–Crippen MR) is 87.6 cm³/mol. The highest BCUT2D eigenvalue weighted by Gasteiger charge is 2.24. The molecule has 1 aromatic heterocycles. The molecule has 0 aliphatic heterocycles. The molecule has 0 fully saturated rings. The van der Waals surface area contributed by atoms with Crippen LogP contribution in [0.5, 0.6) is 0 Å². The molecule has 0 bridgehead atoms. The van der Waals surface area contributed by atoms with Crippen LogP contribution in [0.1, 0.15) is 46.8 Å². The summed E-state index contributed by atoms with van der Waals surface area (Å²) in [5, 5.41) is 3.19. The lowest BCUT2D eigenvalue weighted by molar-refractivity contribution is 0.446. The summed E-state index contributed by atoms with van der Waals surface area (Å²) < 4.78 is 33.1. The van der Waals surface area contributed by atoms with Gasteiger partial charge in [0.15, 0.2) is 4.67 Å². The lowest BCUT2D eigenvalue weighted by Crippen LogP contribution is -2.33. The molecule has 1 aromatic rings. The summed E-state index contributed by atoms with van der Waals surface area (Å²) in [4.78, 5) is 0.152. The molecule has 1 atom stereocenters. The van der Waals surface area contributed by atoms with Crippen molar-refractivity contribution in [3.05, 3.63) is 16.5 Å². The number of furan rings is 1. The molecule has 1 unspecified atom stereocenters. The Balaban J connectivity index is 2.83. The Labute approximate surface area is 136 Å². The zero-order valence-corrected chi connectivity index (χ0v) is 15.6. The van der Waals surface area contributed by atoms with E-state index in [9.17, 15) is 8.42 Å². The van der Waals surface area contributed by atoms with Crippen LogP contribution in [-0.2, 0) is 16.6 Å². The number of rotatable bonds is 8. The van der Waals surface area contributed by atoms with Crippen LogP contribution in [0.25, 0.3) is 0 Å². The van der Waals surface area contributed by atoms with Gasteiger partial charge in [0.25, 0.3) is 0 Å². The van der Waals surface area contributed by atoms with E-state index in [0.717, 1.165) is 6.42 Å².